The lowest BCUT2D eigenvalue weighted by molar-refractivity contribution is -0.697. The predicted octanol–water partition coefficient (Wildman–Crippen LogP) is 2.87. The quantitative estimate of drug-likeness (QED) is 0.517. The minimum Gasteiger partial charge on any atom is -0.396 e. The van der Waals surface area contributed by atoms with Gasteiger partial charge in [0.25, 0.3) is 0 Å². The Hall–Kier alpha value is -0.890. The molecule has 0 aliphatic heterocycles. The molecule has 1 aromatic rings. The zero-order chi connectivity index (χ0) is 12.3. The summed E-state index contributed by atoms with van der Waals surface area (Å²) in [7, 11) is 0. The highest BCUT2D eigenvalue weighted by molar-refractivity contribution is 5.06. The summed E-state index contributed by atoms with van der Waals surface area (Å²) in [6.07, 6.45) is 12.6. The molecule has 0 aliphatic carbocycles. The monoisotopic (exact) mass is 236 g/mol. The van der Waals surface area contributed by atoms with Gasteiger partial charge in [-0.1, -0.05) is 19.8 Å². The summed E-state index contributed by atoms with van der Waals surface area (Å²) >= 11 is 0. The van der Waals surface area contributed by atoms with Gasteiger partial charge >= 0.3 is 0 Å². The predicted molar refractivity (Wildman–Crippen MR) is 70.8 cm³/mol. The third-order valence-electron chi connectivity index (χ3n) is 3.10. The van der Waals surface area contributed by atoms with Crippen LogP contribution in [0.3, 0.4) is 0 Å². The van der Waals surface area contributed by atoms with E-state index in [1.54, 1.807) is 0 Å². The van der Waals surface area contributed by atoms with Crippen LogP contribution >= 0.6 is 0 Å². The van der Waals surface area contributed by atoms with E-state index in [1.807, 2.05) is 0 Å². The van der Waals surface area contributed by atoms with E-state index in [1.165, 1.54) is 37.7 Å². The van der Waals surface area contributed by atoms with Crippen molar-refractivity contribution < 1.29 is 9.67 Å². The van der Waals surface area contributed by atoms with E-state index >= 15 is 0 Å². The molecule has 0 atom stereocenters. The highest BCUT2D eigenvalue weighted by atomic mass is 16.2. The molecule has 1 heterocycles. The summed E-state index contributed by atoms with van der Waals surface area (Å²) in [5, 5.41) is 8.68. The Balaban J connectivity index is 2.20. The molecule has 0 aromatic carbocycles. The number of hydrogen-bond donors (Lipinski definition) is 1. The lowest BCUT2D eigenvalue weighted by atomic mass is 10.1. The fourth-order valence-electron chi connectivity index (χ4n) is 1.94. The smallest absolute Gasteiger partial charge is 0.169 e. The first kappa shape index (κ1) is 14.2. The van der Waals surface area contributed by atoms with Crippen molar-refractivity contribution in [3.8, 4) is 0 Å². The van der Waals surface area contributed by atoms with E-state index in [0.29, 0.717) is 6.61 Å². The maximum atomic E-state index is 8.68. The van der Waals surface area contributed by atoms with Gasteiger partial charge in [0.15, 0.2) is 12.4 Å². The van der Waals surface area contributed by atoms with Crippen LogP contribution in [0, 0.1) is 0 Å². The summed E-state index contributed by atoms with van der Waals surface area (Å²) in [6.45, 7) is 3.66. The lowest BCUT2D eigenvalue weighted by Crippen LogP contribution is -2.32. The summed E-state index contributed by atoms with van der Waals surface area (Å²) in [6, 6.07) is 4.48. The maximum absolute atomic E-state index is 8.68. The summed E-state index contributed by atoms with van der Waals surface area (Å²) < 4.78 is 2.26. The molecule has 17 heavy (non-hydrogen) atoms. The number of nitrogens with zero attached hydrogens (tertiary/aromatic N) is 1. The molecule has 0 amide bonds. The topological polar surface area (TPSA) is 24.1 Å². The van der Waals surface area contributed by atoms with E-state index in [-0.39, 0.29) is 0 Å². The third kappa shape index (κ3) is 6.42. The van der Waals surface area contributed by atoms with Gasteiger partial charge in [0.1, 0.15) is 6.54 Å². The number of aromatic nitrogens is 1. The Morgan fingerprint density at radius 2 is 1.71 bits per heavy atom. The van der Waals surface area contributed by atoms with Crippen LogP contribution in [0.1, 0.15) is 51.0 Å². The highest BCUT2D eigenvalue weighted by Gasteiger charge is 2.00. The molecule has 1 rings (SSSR count). The molecule has 2 heteroatoms. The van der Waals surface area contributed by atoms with Crippen molar-refractivity contribution in [2.24, 2.45) is 0 Å². The molecule has 0 aliphatic rings. The molecule has 1 N–H and O–H groups in total. The minimum atomic E-state index is 0.333. The first-order valence-corrected chi connectivity index (χ1v) is 6.95. The second-order valence-corrected chi connectivity index (χ2v) is 4.69. The van der Waals surface area contributed by atoms with Gasteiger partial charge < -0.3 is 5.11 Å². The summed E-state index contributed by atoms with van der Waals surface area (Å²) in [4.78, 5) is 0. The van der Waals surface area contributed by atoms with Crippen LogP contribution in [0.25, 0.3) is 0 Å². The maximum Gasteiger partial charge on any atom is 0.169 e. The number of aliphatic hydroxyl groups excluding tert-OH is 1. The van der Waals surface area contributed by atoms with Crippen LogP contribution in [0.4, 0.5) is 0 Å². The van der Waals surface area contributed by atoms with Gasteiger partial charge in [-0.3, -0.25) is 0 Å². The van der Waals surface area contributed by atoms with Crippen molar-refractivity contribution in [3.63, 3.8) is 0 Å². The molecule has 0 radical (unpaired) electrons. The zero-order valence-corrected chi connectivity index (χ0v) is 11.1. The molecule has 0 fully saturated rings. The fourth-order valence-corrected chi connectivity index (χ4v) is 1.94. The molecule has 0 spiro atoms. The summed E-state index contributed by atoms with van der Waals surface area (Å²) in [5.41, 5.74) is 1.45. The SMILES string of the molecule is CCCCc1cc[n+](CCCCCCO)cc1. The van der Waals surface area contributed by atoms with Crippen LogP contribution in [-0.2, 0) is 13.0 Å². The van der Waals surface area contributed by atoms with Crippen LogP contribution in [0.15, 0.2) is 24.5 Å². The standard InChI is InChI=1S/C15H26NO/c1-2-3-8-15-9-12-16(13-10-15)11-6-4-5-7-14-17/h9-10,12-13,17H,2-8,11,14H2,1H3/q+1. The van der Waals surface area contributed by atoms with Crippen molar-refractivity contribution in [1.29, 1.82) is 0 Å². The average Bonchev–Trinajstić information content (AvgIpc) is 2.37. The molecule has 96 valence electrons. The van der Waals surface area contributed by atoms with Crippen LogP contribution < -0.4 is 4.57 Å². The first-order chi connectivity index (χ1) is 8.36. The average molecular weight is 236 g/mol. The van der Waals surface area contributed by atoms with Gasteiger partial charge in [0.2, 0.25) is 0 Å². The Morgan fingerprint density at radius 1 is 1.00 bits per heavy atom. The number of rotatable bonds is 9. The Morgan fingerprint density at radius 3 is 2.35 bits per heavy atom. The van der Waals surface area contributed by atoms with Crippen molar-refractivity contribution in [3.05, 3.63) is 30.1 Å². The first-order valence-electron chi connectivity index (χ1n) is 6.95. The molecule has 2 nitrogen and oxygen atoms in total. The number of aliphatic hydroxyl groups is 1. The molecular formula is C15H26NO+. The van der Waals surface area contributed by atoms with E-state index in [9.17, 15) is 0 Å². The second-order valence-electron chi connectivity index (χ2n) is 4.69. The number of unbranched alkanes of at least 4 members (excludes halogenated alkanes) is 4. The van der Waals surface area contributed by atoms with Crippen molar-refractivity contribution in [2.75, 3.05) is 6.61 Å². The van der Waals surface area contributed by atoms with E-state index in [2.05, 4.69) is 36.0 Å². The minimum absolute atomic E-state index is 0.333. The Labute approximate surface area is 105 Å². The van der Waals surface area contributed by atoms with Gasteiger partial charge in [-0.15, -0.1) is 0 Å². The zero-order valence-electron chi connectivity index (χ0n) is 11.1. The van der Waals surface area contributed by atoms with Gasteiger partial charge in [-0.05, 0) is 31.2 Å². The fraction of sp³-hybridized carbons (Fsp3) is 0.667. The van der Waals surface area contributed by atoms with E-state index < -0.39 is 0 Å². The van der Waals surface area contributed by atoms with Gasteiger partial charge in [0, 0.05) is 25.2 Å². The lowest BCUT2D eigenvalue weighted by Gasteiger charge is -2.00. The second kappa shape index (κ2) is 9.17. The molecular weight excluding hydrogens is 210 g/mol. The number of pyridine rings is 1. The number of aryl methyl sites for hydroxylation is 2. The van der Waals surface area contributed by atoms with Crippen molar-refractivity contribution in [1.82, 2.24) is 0 Å². The van der Waals surface area contributed by atoms with Crippen LogP contribution in [0.5, 0.6) is 0 Å². The normalized spacial score (nSPS) is 10.7. The van der Waals surface area contributed by atoms with E-state index in [0.717, 1.165) is 19.4 Å². The molecule has 0 saturated heterocycles. The van der Waals surface area contributed by atoms with Crippen LogP contribution in [-0.4, -0.2) is 11.7 Å². The third-order valence-corrected chi connectivity index (χ3v) is 3.10. The highest BCUT2D eigenvalue weighted by Crippen LogP contribution is 2.03. The molecule has 0 unspecified atom stereocenters. The van der Waals surface area contributed by atoms with Crippen molar-refractivity contribution in [2.45, 2.75) is 58.4 Å². The summed E-state index contributed by atoms with van der Waals surface area (Å²) in [5.74, 6) is 0. The van der Waals surface area contributed by atoms with Gasteiger partial charge in [-0.2, -0.15) is 0 Å². The Kier molecular flexibility index (Phi) is 7.65. The van der Waals surface area contributed by atoms with Crippen LogP contribution in [0.2, 0.25) is 0 Å². The van der Waals surface area contributed by atoms with Crippen molar-refractivity contribution >= 4 is 0 Å². The van der Waals surface area contributed by atoms with E-state index in [4.69, 9.17) is 5.11 Å². The largest absolute Gasteiger partial charge is 0.396 e. The molecule has 0 bridgehead atoms. The number of hydrogen-bond acceptors (Lipinski definition) is 1. The molecule has 0 saturated carbocycles. The Bertz CT molecular complexity index is 281. The van der Waals surface area contributed by atoms with Gasteiger partial charge in [-0.25, -0.2) is 4.57 Å². The molecule has 1 aromatic heterocycles. The van der Waals surface area contributed by atoms with Gasteiger partial charge in [0.05, 0.1) is 0 Å².